The van der Waals surface area contributed by atoms with Gasteiger partial charge in [0.1, 0.15) is 17.4 Å². The number of hydrogen-bond acceptors (Lipinski definition) is 4. The summed E-state index contributed by atoms with van der Waals surface area (Å²) in [6.45, 7) is 17.6. The Morgan fingerprint density at radius 3 is 1.78 bits per heavy atom. The average molecular weight is 635 g/mol. The van der Waals surface area contributed by atoms with E-state index in [0.29, 0.717) is 23.8 Å². The van der Waals surface area contributed by atoms with Gasteiger partial charge >= 0.3 is 5.97 Å². The molecule has 2 aromatic carbocycles. The second-order valence-corrected chi connectivity index (χ2v) is 16.2. The third-order valence-corrected chi connectivity index (χ3v) is 9.68. The number of carbonyl (C=O) groups excluding carboxylic acids is 1. The maximum atomic E-state index is 13.2. The molecule has 0 saturated carbocycles. The van der Waals surface area contributed by atoms with Crippen LogP contribution >= 0.6 is 0 Å². The summed E-state index contributed by atoms with van der Waals surface area (Å²) < 4.78 is 11.8. The lowest BCUT2D eigenvalue weighted by atomic mass is 9.77. The van der Waals surface area contributed by atoms with Crippen LogP contribution in [0.4, 0.5) is 0 Å². The summed E-state index contributed by atoms with van der Waals surface area (Å²) >= 11 is 0. The van der Waals surface area contributed by atoms with Crippen molar-refractivity contribution >= 4 is 5.97 Å². The molecule has 1 heterocycles. The summed E-state index contributed by atoms with van der Waals surface area (Å²) in [4.78, 5) is 13.2. The molecule has 1 aliphatic heterocycles. The van der Waals surface area contributed by atoms with Crippen molar-refractivity contribution in [2.24, 2.45) is 5.92 Å². The quantitative estimate of drug-likeness (QED) is 0.0681. The van der Waals surface area contributed by atoms with E-state index in [1.807, 2.05) is 24.3 Å². The number of hydrogen-bond donors (Lipinski definition) is 1. The molecule has 4 heteroatoms. The van der Waals surface area contributed by atoms with E-state index in [0.717, 1.165) is 23.1 Å². The fraction of sp³-hybridized carbons (Fsp3) is 0.690. The molecule has 1 N–H and O–H groups in total. The molecule has 3 atom stereocenters. The molecule has 2 aromatic rings. The van der Waals surface area contributed by atoms with Gasteiger partial charge in [0.05, 0.1) is 0 Å². The molecule has 0 radical (unpaired) electrons. The van der Waals surface area contributed by atoms with Gasteiger partial charge < -0.3 is 14.6 Å². The van der Waals surface area contributed by atoms with E-state index in [-0.39, 0.29) is 16.8 Å². The molecule has 0 aromatic heterocycles. The van der Waals surface area contributed by atoms with Gasteiger partial charge in [-0.15, -0.1) is 0 Å². The summed E-state index contributed by atoms with van der Waals surface area (Å²) in [6.07, 6.45) is 20.1. The van der Waals surface area contributed by atoms with E-state index in [9.17, 15) is 9.90 Å². The van der Waals surface area contributed by atoms with Gasteiger partial charge in [-0.05, 0) is 40.0 Å². The Labute approximate surface area is 282 Å². The predicted molar refractivity (Wildman–Crippen MR) is 193 cm³/mol. The van der Waals surface area contributed by atoms with Crippen molar-refractivity contribution < 1.29 is 19.4 Å². The number of unbranched alkanes of at least 4 members (excludes halogenated alkanes) is 13. The normalized spacial score (nSPS) is 16.3. The zero-order valence-electron chi connectivity index (χ0n) is 30.7. The van der Waals surface area contributed by atoms with Crippen molar-refractivity contribution in [2.75, 3.05) is 0 Å². The second kappa shape index (κ2) is 18.3. The van der Waals surface area contributed by atoms with Gasteiger partial charge in [0.15, 0.2) is 6.29 Å². The maximum absolute atomic E-state index is 13.2. The Morgan fingerprint density at radius 2 is 1.28 bits per heavy atom. The third kappa shape index (κ3) is 12.0. The van der Waals surface area contributed by atoms with Crippen LogP contribution in [0.15, 0.2) is 36.4 Å². The van der Waals surface area contributed by atoms with Gasteiger partial charge in [0, 0.05) is 17.5 Å². The van der Waals surface area contributed by atoms with Crippen LogP contribution in [0.5, 0.6) is 11.5 Å². The highest BCUT2D eigenvalue weighted by Crippen LogP contribution is 2.47. The number of aliphatic hydroxyl groups excluding tert-OH is 1. The van der Waals surface area contributed by atoms with Crippen molar-refractivity contribution in [1.29, 1.82) is 0 Å². The topological polar surface area (TPSA) is 55.8 Å². The van der Waals surface area contributed by atoms with E-state index >= 15 is 0 Å². The standard InChI is InChI=1S/C42H66O4/c1-9-10-11-12-13-14-15-16-17-18-19-20-21-22-23-31(2)28-37(43)45-34-26-24-32(25-27-34)38-35-29-33(41(3,4)5)30-36(42(6,7)8)39(35)46-40(38)44/h24-27,29-31,37-38,43H,9-23,28H2,1-8H3. The number of aliphatic hydroxyl groups is 1. The molecule has 258 valence electrons. The monoisotopic (exact) mass is 634 g/mol. The fourth-order valence-electron chi connectivity index (χ4n) is 6.67. The van der Waals surface area contributed by atoms with E-state index < -0.39 is 12.2 Å². The number of esters is 1. The van der Waals surface area contributed by atoms with Crippen LogP contribution in [0.25, 0.3) is 0 Å². The Kier molecular flexibility index (Phi) is 15.1. The van der Waals surface area contributed by atoms with Gasteiger partial charge in [-0.25, -0.2) is 0 Å². The smallest absolute Gasteiger partial charge is 0.323 e. The van der Waals surface area contributed by atoms with E-state index in [1.54, 1.807) is 0 Å². The van der Waals surface area contributed by atoms with Gasteiger partial charge in [-0.3, -0.25) is 4.79 Å². The highest BCUT2D eigenvalue weighted by atomic mass is 16.6. The Balaban J connectivity index is 1.40. The summed E-state index contributed by atoms with van der Waals surface area (Å²) in [5.41, 5.74) is 3.87. The zero-order valence-corrected chi connectivity index (χ0v) is 30.7. The average Bonchev–Trinajstić information content (AvgIpc) is 3.31. The molecule has 46 heavy (non-hydrogen) atoms. The minimum absolute atomic E-state index is 0.0530. The highest BCUT2D eigenvalue weighted by molar-refractivity contribution is 5.90. The highest BCUT2D eigenvalue weighted by Gasteiger charge is 2.39. The van der Waals surface area contributed by atoms with Gasteiger partial charge in [-0.1, -0.05) is 176 Å². The molecule has 1 aliphatic rings. The first-order valence-electron chi connectivity index (χ1n) is 18.7. The van der Waals surface area contributed by atoms with Gasteiger partial charge in [-0.2, -0.15) is 0 Å². The second-order valence-electron chi connectivity index (χ2n) is 16.2. The molecule has 3 rings (SSSR count). The number of carbonyl (C=O) groups is 1. The van der Waals surface area contributed by atoms with Crippen molar-refractivity contribution in [3.8, 4) is 11.5 Å². The first kappa shape index (κ1) is 38.1. The zero-order chi connectivity index (χ0) is 33.7. The molecule has 0 saturated heterocycles. The molecular weight excluding hydrogens is 568 g/mol. The lowest BCUT2D eigenvalue weighted by Crippen LogP contribution is -2.19. The SMILES string of the molecule is CCCCCCCCCCCCCCCCC(C)CC(O)Oc1ccc(C2C(=O)Oc3c2cc(C(C)(C)C)cc3C(C)(C)C)cc1. The van der Waals surface area contributed by atoms with Crippen molar-refractivity contribution in [3.63, 3.8) is 0 Å². The number of benzene rings is 2. The van der Waals surface area contributed by atoms with E-state index in [1.165, 1.54) is 95.5 Å². The van der Waals surface area contributed by atoms with E-state index in [4.69, 9.17) is 9.47 Å². The van der Waals surface area contributed by atoms with Crippen LogP contribution in [0.3, 0.4) is 0 Å². The van der Waals surface area contributed by atoms with E-state index in [2.05, 4.69) is 67.5 Å². The predicted octanol–water partition coefficient (Wildman–Crippen LogP) is 11.9. The molecule has 0 bridgehead atoms. The van der Waals surface area contributed by atoms with Crippen LogP contribution in [-0.2, 0) is 15.6 Å². The molecular formula is C42H66O4. The summed E-state index contributed by atoms with van der Waals surface area (Å²) in [5.74, 6) is 1.02. The first-order valence-corrected chi connectivity index (χ1v) is 18.7. The first-order chi connectivity index (χ1) is 21.8. The Bertz CT molecular complexity index is 1180. The van der Waals surface area contributed by atoms with Crippen LogP contribution in [0.1, 0.15) is 186 Å². The number of fused-ring (bicyclic) bond motifs is 1. The minimum Gasteiger partial charge on any atom is -0.465 e. The van der Waals surface area contributed by atoms with Gasteiger partial charge in [0.2, 0.25) is 0 Å². The van der Waals surface area contributed by atoms with Crippen molar-refractivity contribution in [3.05, 3.63) is 58.7 Å². The van der Waals surface area contributed by atoms with Gasteiger partial charge in [0.25, 0.3) is 0 Å². The summed E-state index contributed by atoms with van der Waals surface area (Å²) in [5, 5.41) is 10.7. The third-order valence-electron chi connectivity index (χ3n) is 9.68. The van der Waals surface area contributed by atoms with Crippen molar-refractivity contribution in [1.82, 2.24) is 0 Å². The molecule has 0 amide bonds. The Hall–Kier alpha value is -2.33. The minimum atomic E-state index is -0.839. The maximum Gasteiger partial charge on any atom is 0.323 e. The Morgan fingerprint density at radius 1 is 0.761 bits per heavy atom. The molecule has 0 fully saturated rings. The van der Waals surface area contributed by atoms with Crippen LogP contribution in [0.2, 0.25) is 0 Å². The summed E-state index contributed by atoms with van der Waals surface area (Å²) in [6, 6.07) is 11.9. The fourth-order valence-corrected chi connectivity index (χ4v) is 6.67. The van der Waals surface area contributed by atoms with Crippen LogP contribution in [0, 0.1) is 5.92 Å². The lowest BCUT2D eigenvalue weighted by Gasteiger charge is -2.27. The van der Waals surface area contributed by atoms with Crippen LogP contribution in [-0.4, -0.2) is 17.4 Å². The van der Waals surface area contributed by atoms with Crippen LogP contribution < -0.4 is 9.47 Å². The largest absolute Gasteiger partial charge is 0.465 e. The summed E-state index contributed by atoms with van der Waals surface area (Å²) in [7, 11) is 0. The molecule has 4 nitrogen and oxygen atoms in total. The molecule has 3 unspecified atom stereocenters. The molecule has 0 aliphatic carbocycles. The lowest BCUT2D eigenvalue weighted by molar-refractivity contribution is -0.133. The van der Waals surface area contributed by atoms with Crippen molar-refractivity contribution in [2.45, 2.75) is 181 Å². The number of ether oxygens (including phenoxy) is 2. The molecule has 0 spiro atoms. The number of rotatable bonds is 20.